The number of carbonyl (C=O) groups is 2. The van der Waals surface area contributed by atoms with Gasteiger partial charge in [0.25, 0.3) is 0 Å². The van der Waals surface area contributed by atoms with E-state index in [4.69, 9.17) is 20.4 Å². The van der Waals surface area contributed by atoms with E-state index < -0.39 is 11.9 Å². The fraction of sp³-hybridized carbons (Fsp3) is 0.600. The van der Waals surface area contributed by atoms with Crippen molar-refractivity contribution in [2.75, 3.05) is 13.2 Å². The van der Waals surface area contributed by atoms with Crippen LogP contribution in [0.25, 0.3) is 0 Å². The summed E-state index contributed by atoms with van der Waals surface area (Å²) in [7, 11) is 0. The summed E-state index contributed by atoms with van der Waals surface area (Å²) in [5.41, 5.74) is 0.352. The number of carboxylic acid groups (broad SMARTS) is 2. The standard InChI is InChI=1S/C7H14O2.2C4H6O2/c8-4-6-2-1-3-7(6)5-9;2*1-3(2)4(5)6/h6-9H,1-5H2;2*1H2,2H3,(H,5,6). The lowest BCUT2D eigenvalue weighted by Crippen LogP contribution is -2.15. The van der Waals surface area contributed by atoms with Crippen LogP contribution in [0.3, 0.4) is 0 Å². The summed E-state index contributed by atoms with van der Waals surface area (Å²) in [6.07, 6.45) is 3.37. The van der Waals surface area contributed by atoms with Crippen LogP contribution in [0.2, 0.25) is 0 Å². The van der Waals surface area contributed by atoms with Crippen molar-refractivity contribution in [3.8, 4) is 0 Å². The predicted molar refractivity (Wildman–Crippen MR) is 79.9 cm³/mol. The number of hydrogen-bond acceptors (Lipinski definition) is 4. The summed E-state index contributed by atoms with van der Waals surface area (Å²) >= 11 is 0. The van der Waals surface area contributed by atoms with Crippen LogP contribution < -0.4 is 0 Å². The quantitative estimate of drug-likeness (QED) is 0.587. The average Bonchev–Trinajstić information content (AvgIpc) is 2.87. The maximum absolute atomic E-state index is 9.60. The molecule has 0 spiro atoms. The van der Waals surface area contributed by atoms with Gasteiger partial charge in [-0.15, -0.1) is 0 Å². The molecule has 1 rings (SSSR count). The van der Waals surface area contributed by atoms with Crippen molar-refractivity contribution >= 4 is 11.9 Å². The van der Waals surface area contributed by atoms with Gasteiger partial charge in [0.1, 0.15) is 0 Å². The van der Waals surface area contributed by atoms with Gasteiger partial charge in [-0.2, -0.15) is 0 Å². The second-order valence-corrected chi connectivity index (χ2v) is 4.99. The molecule has 122 valence electrons. The molecule has 1 aliphatic rings. The number of hydrogen-bond donors (Lipinski definition) is 4. The van der Waals surface area contributed by atoms with Gasteiger partial charge in [-0.3, -0.25) is 0 Å². The zero-order valence-corrected chi connectivity index (χ0v) is 12.7. The highest BCUT2D eigenvalue weighted by Gasteiger charge is 2.25. The molecule has 0 bridgehead atoms. The van der Waals surface area contributed by atoms with Crippen molar-refractivity contribution < 1.29 is 30.0 Å². The van der Waals surface area contributed by atoms with E-state index in [2.05, 4.69) is 13.2 Å². The van der Waals surface area contributed by atoms with Crippen LogP contribution in [0.15, 0.2) is 24.3 Å². The number of carboxylic acids is 2. The Morgan fingerprint density at radius 3 is 1.29 bits per heavy atom. The first kappa shape index (κ1) is 21.6. The lowest BCUT2D eigenvalue weighted by Gasteiger charge is -2.12. The highest BCUT2D eigenvalue weighted by molar-refractivity contribution is 5.85. The van der Waals surface area contributed by atoms with Gasteiger partial charge in [-0.1, -0.05) is 19.6 Å². The zero-order chi connectivity index (χ0) is 17.0. The van der Waals surface area contributed by atoms with Crippen molar-refractivity contribution in [1.82, 2.24) is 0 Å². The third-order valence-corrected chi connectivity index (χ3v) is 3.02. The number of rotatable bonds is 4. The third-order valence-electron chi connectivity index (χ3n) is 3.02. The fourth-order valence-corrected chi connectivity index (χ4v) is 1.59. The SMILES string of the molecule is C=C(C)C(=O)O.C=C(C)C(=O)O.OCC1CCCC1CO. The van der Waals surface area contributed by atoms with E-state index in [0.29, 0.717) is 11.8 Å². The predicted octanol–water partition coefficient (Wildman–Crippen LogP) is 1.68. The topological polar surface area (TPSA) is 115 Å². The highest BCUT2D eigenvalue weighted by atomic mass is 16.4. The monoisotopic (exact) mass is 302 g/mol. The number of aliphatic hydroxyl groups excluding tert-OH is 2. The first-order valence-electron chi connectivity index (χ1n) is 6.66. The minimum absolute atomic E-state index is 0.176. The molecular formula is C15H26O6. The smallest absolute Gasteiger partial charge is 0.330 e. The Balaban J connectivity index is 0. The van der Waals surface area contributed by atoms with Gasteiger partial charge in [0.2, 0.25) is 0 Å². The van der Waals surface area contributed by atoms with Crippen LogP contribution in [0.4, 0.5) is 0 Å². The summed E-state index contributed by atoms with van der Waals surface area (Å²) in [5.74, 6) is -1.10. The maximum Gasteiger partial charge on any atom is 0.330 e. The Morgan fingerprint density at radius 2 is 1.14 bits per heavy atom. The Labute approximate surface area is 125 Å². The zero-order valence-electron chi connectivity index (χ0n) is 12.7. The first-order valence-corrected chi connectivity index (χ1v) is 6.66. The third kappa shape index (κ3) is 11.8. The summed E-state index contributed by atoms with van der Waals surface area (Å²) in [4.78, 5) is 19.2. The van der Waals surface area contributed by atoms with Gasteiger partial charge < -0.3 is 20.4 Å². The number of aliphatic hydroxyl groups is 2. The molecule has 4 N–H and O–H groups in total. The minimum Gasteiger partial charge on any atom is -0.478 e. The van der Waals surface area contributed by atoms with Gasteiger partial charge in [-0.25, -0.2) is 9.59 Å². The molecule has 0 aromatic rings. The normalized spacial score (nSPS) is 19.4. The van der Waals surface area contributed by atoms with Crippen LogP contribution in [-0.2, 0) is 9.59 Å². The van der Waals surface area contributed by atoms with Gasteiger partial charge in [0, 0.05) is 24.4 Å². The molecule has 0 aromatic carbocycles. The molecule has 0 radical (unpaired) electrons. The molecule has 6 nitrogen and oxygen atoms in total. The molecule has 21 heavy (non-hydrogen) atoms. The summed E-state index contributed by atoms with van der Waals surface area (Å²) in [6.45, 7) is 9.71. The molecule has 0 amide bonds. The highest BCUT2D eigenvalue weighted by Crippen LogP contribution is 2.30. The maximum atomic E-state index is 9.60. The molecule has 2 unspecified atom stereocenters. The van der Waals surface area contributed by atoms with E-state index in [1.54, 1.807) is 0 Å². The van der Waals surface area contributed by atoms with Crippen LogP contribution in [0.1, 0.15) is 33.1 Å². The Morgan fingerprint density at radius 1 is 0.905 bits per heavy atom. The lowest BCUT2D eigenvalue weighted by molar-refractivity contribution is -0.133. The largest absolute Gasteiger partial charge is 0.478 e. The molecular weight excluding hydrogens is 276 g/mol. The van der Waals surface area contributed by atoms with Gasteiger partial charge in [0.15, 0.2) is 0 Å². The van der Waals surface area contributed by atoms with Crippen molar-refractivity contribution in [3.05, 3.63) is 24.3 Å². The average molecular weight is 302 g/mol. The molecule has 1 aliphatic carbocycles. The van der Waals surface area contributed by atoms with Crippen LogP contribution in [-0.4, -0.2) is 45.6 Å². The van der Waals surface area contributed by atoms with E-state index in [1.165, 1.54) is 20.3 Å². The summed E-state index contributed by atoms with van der Waals surface area (Å²) in [5, 5.41) is 33.3. The number of aliphatic carboxylic acids is 2. The van der Waals surface area contributed by atoms with Crippen molar-refractivity contribution in [3.63, 3.8) is 0 Å². The van der Waals surface area contributed by atoms with E-state index in [-0.39, 0.29) is 24.4 Å². The summed E-state index contributed by atoms with van der Waals surface area (Å²) < 4.78 is 0. The van der Waals surface area contributed by atoms with Gasteiger partial charge in [0.05, 0.1) is 0 Å². The summed E-state index contributed by atoms with van der Waals surface area (Å²) in [6, 6.07) is 0. The van der Waals surface area contributed by atoms with Crippen LogP contribution >= 0.6 is 0 Å². The first-order chi connectivity index (χ1) is 9.67. The Kier molecular flexibility index (Phi) is 12.5. The molecule has 0 aromatic heterocycles. The van der Waals surface area contributed by atoms with Gasteiger partial charge in [-0.05, 0) is 38.5 Å². The van der Waals surface area contributed by atoms with E-state index >= 15 is 0 Å². The van der Waals surface area contributed by atoms with E-state index in [1.807, 2.05) is 0 Å². The van der Waals surface area contributed by atoms with E-state index in [9.17, 15) is 9.59 Å². The molecule has 1 fully saturated rings. The fourth-order valence-electron chi connectivity index (χ4n) is 1.59. The van der Waals surface area contributed by atoms with Crippen molar-refractivity contribution in [2.45, 2.75) is 33.1 Å². The van der Waals surface area contributed by atoms with Crippen molar-refractivity contribution in [1.29, 1.82) is 0 Å². The Hall–Kier alpha value is -1.66. The second kappa shape index (κ2) is 12.1. The molecule has 0 saturated heterocycles. The van der Waals surface area contributed by atoms with Crippen LogP contribution in [0, 0.1) is 11.8 Å². The Bertz CT molecular complexity index is 303. The molecule has 0 aliphatic heterocycles. The lowest BCUT2D eigenvalue weighted by atomic mass is 9.98. The minimum atomic E-state index is -0.935. The van der Waals surface area contributed by atoms with Crippen molar-refractivity contribution in [2.24, 2.45) is 11.8 Å². The second-order valence-electron chi connectivity index (χ2n) is 4.99. The molecule has 0 heterocycles. The molecule has 6 heteroatoms. The molecule has 2 atom stereocenters. The van der Waals surface area contributed by atoms with Gasteiger partial charge >= 0.3 is 11.9 Å². The molecule has 1 saturated carbocycles. The van der Waals surface area contributed by atoms with Crippen LogP contribution in [0.5, 0.6) is 0 Å². The van der Waals surface area contributed by atoms with E-state index in [0.717, 1.165) is 12.8 Å².